The Kier molecular flexibility index (Phi) is 6.38. The minimum absolute atomic E-state index is 0.0439. The number of hydrogen-bond donors (Lipinski definition) is 1. The number of nitrogens with zero attached hydrogens (tertiary/aromatic N) is 2. The lowest BCUT2D eigenvalue weighted by Gasteiger charge is -2.39. The third-order valence-electron chi connectivity index (χ3n) is 6.16. The summed E-state index contributed by atoms with van der Waals surface area (Å²) >= 11 is 1.22. The van der Waals surface area contributed by atoms with Gasteiger partial charge in [0.15, 0.2) is 11.5 Å². The van der Waals surface area contributed by atoms with E-state index in [1.807, 2.05) is 30.9 Å². The van der Waals surface area contributed by atoms with Crippen LogP contribution in [-0.4, -0.2) is 42.4 Å². The lowest BCUT2D eigenvalue weighted by molar-refractivity contribution is 0.0982. The SMILES string of the molecule is CCOc1ccc(C(=O)N2CCC(C)(C)c3cc(C4=NNC(=O)SC4C)ccc32)cc1OC. The molecule has 1 N–H and O–H groups in total. The molecule has 2 aromatic rings. The Labute approximate surface area is 198 Å². The first-order chi connectivity index (χ1) is 15.7. The highest BCUT2D eigenvalue weighted by Crippen LogP contribution is 2.41. The van der Waals surface area contributed by atoms with Crippen LogP contribution in [0.15, 0.2) is 41.5 Å². The van der Waals surface area contributed by atoms with Crippen LogP contribution in [0.4, 0.5) is 10.5 Å². The second-order valence-corrected chi connectivity index (χ2v) is 10.1. The molecule has 4 rings (SSSR count). The first-order valence-corrected chi connectivity index (χ1v) is 11.9. The molecule has 0 spiro atoms. The van der Waals surface area contributed by atoms with Crippen molar-refractivity contribution in [1.29, 1.82) is 0 Å². The van der Waals surface area contributed by atoms with Crippen LogP contribution < -0.4 is 19.8 Å². The van der Waals surface area contributed by atoms with Gasteiger partial charge in [-0.3, -0.25) is 9.59 Å². The summed E-state index contributed by atoms with van der Waals surface area (Å²) in [6.07, 6.45) is 0.830. The maximum atomic E-state index is 13.5. The molecule has 2 aliphatic rings. The number of methoxy groups -OCH3 is 1. The molecule has 2 aliphatic heterocycles. The van der Waals surface area contributed by atoms with E-state index in [0.717, 1.165) is 28.9 Å². The number of hydrazone groups is 1. The second kappa shape index (κ2) is 9.09. The zero-order chi connectivity index (χ0) is 23.8. The zero-order valence-electron chi connectivity index (χ0n) is 19.6. The number of rotatable bonds is 5. The molecule has 8 heteroatoms. The summed E-state index contributed by atoms with van der Waals surface area (Å²) in [5.74, 6) is 1.08. The first-order valence-electron chi connectivity index (χ1n) is 11.1. The smallest absolute Gasteiger partial charge is 0.299 e. The van der Waals surface area contributed by atoms with E-state index in [9.17, 15) is 9.59 Å². The van der Waals surface area contributed by atoms with Crippen molar-refractivity contribution in [2.75, 3.05) is 25.2 Å². The van der Waals surface area contributed by atoms with Crippen LogP contribution in [0.2, 0.25) is 0 Å². The molecule has 0 saturated carbocycles. The van der Waals surface area contributed by atoms with Gasteiger partial charge in [0.05, 0.1) is 24.7 Å². The standard InChI is InChI=1S/C25H29N3O4S/c1-6-32-20-10-8-17(14-21(20)31-5)23(29)28-12-11-25(3,4)18-13-16(7-9-19(18)28)22-15(2)33-24(30)27-26-22/h7-10,13-15H,6,11-12H2,1-5H3,(H,27,30). The fraction of sp³-hybridized carbons (Fsp3) is 0.400. The fourth-order valence-corrected chi connectivity index (χ4v) is 5.02. The Balaban J connectivity index is 1.71. The van der Waals surface area contributed by atoms with E-state index < -0.39 is 0 Å². The van der Waals surface area contributed by atoms with Gasteiger partial charge in [-0.25, -0.2) is 5.43 Å². The minimum Gasteiger partial charge on any atom is -0.493 e. The Morgan fingerprint density at radius 1 is 1.24 bits per heavy atom. The maximum absolute atomic E-state index is 13.5. The van der Waals surface area contributed by atoms with Gasteiger partial charge in [0.25, 0.3) is 11.1 Å². The lowest BCUT2D eigenvalue weighted by atomic mass is 9.76. The number of hydrogen-bond acceptors (Lipinski definition) is 6. The molecule has 33 heavy (non-hydrogen) atoms. The Morgan fingerprint density at radius 3 is 2.73 bits per heavy atom. The number of anilines is 1. The predicted molar refractivity (Wildman–Crippen MR) is 132 cm³/mol. The highest BCUT2D eigenvalue weighted by Gasteiger charge is 2.35. The first kappa shape index (κ1) is 23.2. The molecule has 0 aliphatic carbocycles. The van der Waals surface area contributed by atoms with Crippen molar-refractivity contribution in [3.05, 3.63) is 53.1 Å². The predicted octanol–water partition coefficient (Wildman–Crippen LogP) is 4.97. The molecular formula is C25H29N3O4S. The van der Waals surface area contributed by atoms with Crippen molar-refractivity contribution in [3.63, 3.8) is 0 Å². The van der Waals surface area contributed by atoms with Crippen molar-refractivity contribution < 1.29 is 19.1 Å². The number of amides is 2. The topological polar surface area (TPSA) is 80.2 Å². The third-order valence-corrected chi connectivity index (χ3v) is 7.05. The summed E-state index contributed by atoms with van der Waals surface area (Å²) in [6, 6.07) is 11.4. The Hall–Kier alpha value is -3.00. The quantitative estimate of drug-likeness (QED) is 0.672. The molecule has 0 aromatic heterocycles. The summed E-state index contributed by atoms with van der Waals surface area (Å²) in [5.41, 5.74) is 6.78. The number of carbonyl (C=O) groups excluding carboxylic acids is 2. The highest BCUT2D eigenvalue weighted by atomic mass is 32.2. The lowest BCUT2D eigenvalue weighted by Crippen LogP contribution is -2.41. The van der Waals surface area contributed by atoms with Crippen LogP contribution in [0.5, 0.6) is 11.5 Å². The van der Waals surface area contributed by atoms with E-state index in [2.05, 4.69) is 30.4 Å². The minimum atomic E-state index is -0.146. The van der Waals surface area contributed by atoms with Gasteiger partial charge < -0.3 is 14.4 Å². The summed E-state index contributed by atoms with van der Waals surface area (Å²) in [5, 5.41) is 4.10. The van der Waals surface area contributed by atoms with Gasteiger partial charge in [0.1, 0.15) is 0 Å². The highest BCUT2D eigenvalue weighted by molar-refractivity contribution is 8.14. The molecule has 1 atom stereocenters. The molecule has 2 aromatic carbocycles. The van der Waals surface area contributed by atoms with E-state index >= 15 is 0 Å². The molecule has 0 fully saturated rings. The number of benzene rings is 2. The van der Waals surface area contributed by atoms with E-state index in [0.29, 0.717) is 30.2 Å². The Morgan fingerprint density at radius 2 is 2.03 bits per heavy atom. The van der Waals surface area contributed by atoms with Gasteiger partial charge in [0.2, 0.25) is 0 Å². The molecule has 2 heterocycles. The van der Waals surface area contributed by atoms with Gasteiger partial charge in [-0.1, -0.05) is 31.7 Å². The number of ether oxygens (including phenoxy) is 2. The molecule has 2 amide bonds. The third kappa shape index (κ3) is 4.44. The van der Waals surface area contributed by atoms with E-state index in [-0.39, 0.29) is 21.8 Å². The zero-order valence-corrected chi connectivity index (χ0v) is 20.4. The summed E-state index contributed by atoms with van der Waals surface area (Å²) in [7, 11) is 1.57. The van der Waals surface area contributed by atoms with E-state index in [1.54, 1.807) is 25.3 Å². The van der Waals surface area contributed by atoms with E-state index in [4.69, 9.17) is 9.47 Å². The van der Waals surface area contributed by atoms with Crippen LogP contribution >= 0.6 is 11.8 Å². The van der Waals surface area contributed by atoms with E-state index in [1.165, 1.54) is 11.8 Å². The normalized spacial score (nSPS) is 19.3. The summed E-state index contributed by atoms with van der Waals surface area (Å²) < 4.78 is 11.0. The maximum Gasteiger partial charge on any atom is 0.299 e. The monoisotopic (exact) mass is 467 g/mol. The van der Waals surface area contributed by atoms with Gasteiger partial charge in [0, 0.05) is 17.8 Å². The molecule has 0 radical (unpaired) electrons. The van der Waals surface area contributed by atoms with Gasteiger partial charge in [-0.15, -0.1) is 0 Å². The number of nitrogens with one attached hydrogen (secondary N) is 1. The summed E-state index contributed by atoms with van der Waals surface area (Å²) in [4.78, 5) is 27.0. The van der Waals surface area contributed by atoms with Crippen LogP contribution in [0, 0.1) is 0 Å². The largest absolute Gasteiger partial charge is 0.493 e. The molecule has 174 valence electrons. The molecule has 7 nitrogen and oxygen atoms in total. The number of thioether (sulfide) groups is 1. The average Bonchev–Trinajstić information content (AvgIpc) is 2.79. The fourth-order valence-electron chi connectivity index (χ4n) is 4.30. The molecular weight excluding hydrogens is 438 g/mol. The van der Waals surface area contributed by atoms with Crippen molar-refractivity contribution in [2.24, 2.45) is 5.10 Å². The van der Waals surface area contributed by atoms with Crippen LogP contribution in [0.3, 0.4) is 0 Å². The van der Waals surface area contributed by atoms with Crippen LogP contribution in [0.25, 0.3) is 0 Å². The van der Waals surface area contributed by atoms with Crippen LogP contribution in [-0.2, 0) is 5.41 Å². The van der Waals surface area contributed by atoms with Gasteiger partial charge in [-0.2, -0.15) is 5.10 Å². The van der Waals surface area contributed by atoms with Crippen molar-refractivity contribution in [3.8, 4) is 11.5 Å². The molecule has 0 bridgehead atoms. The van der Waals surface area contributed by atoms with Crippen molar-refractivity contribution >= 4 is 34.3 Å². The number of carbonyl (C=O) groups is 2. The molecule has 0 saturated heterocycles. The Bertz CT molecular complexity index is 1130. The van der Waals surface area contributed by atoms with Crippen molar-refractivity contribution in [2.45, 2.75) is 44.8 Å². The van der Waals surface area contributed by atoms with Gasteiger partial charge >= 0.3 is 0 Å². The molecule has 1 unspecified atom stereocenters. The number of fused-ring (bicyclic) bond motifs is 1. The van der Waals surface area contributed by atoms with Crippen molar-refractivity contribution in [1.82, 2.24) is 5.43 Å². The average molecular weight is 468 g/mol. The van der Waals surface area contributed by atoms with Gasteiger partial charge in [-0.05, 0) is 67.1 Å². The van der Waals surface area contributed by atoms with Crippen LogP contribution in [0.1, 0.15) is 55.6 Å². The summed E-state index contributed by atoms with van der Waals surface area (Å²) in [6.45, 7) is 9.41. The second-order valence-electron chi connectivity index (χ2n) is 8.78.